The van der Waals surface area contributed by atoms with Gasteiger partial charge in [-0.05, 0) is 69.4 Å². The highest BCUT2D eigenvalue weighted by Gasteiger charge is 2.06. The Morgan fingerprint density at radius 1 is 0.925 bits per heavy atom. The number of hydrogen-bond donors (Lipinski definition) is 4. The van der Waals surface area contributed by atoms with Gasteiger partial charge in [-0.25, -0.2) is 0 Å². The van der Waals surface area contributed by atoms with Crippen LogP contribution in [0.5, 0.6) is 0 Å². The molecule has 0 bridgehead atoms. The van der Waals surface area contributed by atoms with Crippen molar-refractivity contribution < 1.29 is 9.59 Å². The number of unbranched alkanes of at least 4 members (excludes halogenated alkanes) is 1. The average Bonchev–Trinajstić information content (AvgIpc) is 2.85. The van der Waals surface area contributed by atoms with E-state index in [1.807, 2.05) is 45.0 Å². The molecule has 40 heavy (non-hydrogen) atoms. The molecule has 0 aliphatic heterocycles. The van der Waals surface area contributed by atoms with Gasteiger partial charge in [0.1, 0.15) is 18.1 Å². The molecular weight excluding hydrogens is 508 g/mol. The Morgan fingerprint density at radius 2 is 1.45 bits per heavy atom. The van der Waals surface area contributed by atoms with Gasteiger partial charge in [-0.3, -0.25) is 19.2 Å². The number of primary amides is 1. The van der Waals surface area contributed by atoms with Gasteiger partial charge in [0.25, 0.3) is 11.1 Å². The van der Waals surface area contributed by atoms with Gasteiger partial charge in [0.15, 0.2) is 5.78 Å². The first-order valence-electron chi connectivity index (χ1n) is 13.3. The van der Waals surface area contributed by atoms with Crippen molar-refractivity contribution >= 4 is 11.7 Å². The number of rotatable bonds is 9. The fraction of sp³-hybridized carbons (Fsp3) is 0.467. The average molecular weight is 553 g/mol. The van der Waals surface area contributed by atoms with E-state index in [2.05, 4.69) is 29.5 Å². The zero-order chi connectivity index (χ0) is 31.1. The van der Waals surface area contributed by atoms with E-state index in [9.17, 15) is 19.2 Å². The van der Waals surface area contributed by atoms with Gasteiger partial charge in [-0.15, -0.1) is 0 Å². The summed E-state index contributed by atoms with van der Waals surface area (Å²) in [5.74, 6) is -0.434. The summed E-state index contributed by atoms with van der Waals surface area (Å²) in [5.41, 5.74) is 14.4. The summed E-state index contributed by atoms with van der Waals surface area (Å²) in [7, 11) is 0. The van der Waals surface area contributed by atoms with Crippen LogP contribution in [0.1, 0.15) is 93.4 Å². The number of carbonyl (C=O) groups excluding carboxylic acids is 2. The topological polar surface area (TPSA) is 199 Å². The van der Waals surface area contributed by atoms with Crippen LogP contribution in [0, 0.1) is 36.5 Å². The maximum absolute atomic E-state index is 11.4. The molecule has 6 N–H and O–H groups in total. The number of aromatic amines is 2. The summed E-state index contributed by atoms with van der Waals surface area (Å²) in [6, 6.07) is 7.40. The highest BCUT2D eigenvalue weighted by molar-refractivity contribution is 5.87. The van der Waals surface area contributed by atoms with Gasteiger partial charge < -0.3 is 21.4 Å². The number of nitriles is 2. The van der Waals surface area contributed by atoms with E-state index in [0.717, 1.165) is 66.6 Å². The molecule has 2 aromatic rings. The molecule has 0 radical (unpaired) electrons. The van der Waals surface area contributed by atoms with Crippen LogP contribution >= 0.6 is 0 Å². The first-order valence-corrected chi connectivity index (χ1v) is 13.3. The Balaban J connectivity index is 0. The van der Waals surface area contributed by atoms with E-state index in [-0.39, 0.29) is 28.9 Å². The zero-order valence-electron chi connectivity index (χ0n) is 24.6. The SMILES string of the molecule is CCC/C=C/C(C)=O.CCCc1cc(C)[nH]c(=O)c1C#N.CCCc1cc(C)[nH]c(=O)c1CN.N#CCC(N)=O. The summed E-state index contributed by atoms with van der Waals surface area (Å²) < 4.78 is 0. The lowest BCUT2D eigenvalue weighted by Crippen LogP contribution is -2.19. The van der Waals surface area contributed by atoms with E-state index < -0.39 is 5.91 Å². The lowest BCUT2D eigenvalue weighted by molar-refractivity contribution is -0.117. The molecule has 2 heterocycles. The molecular formula is C30H44N6O4. The van der Waals surface area contributed by atoms with E-state index >= 15 is 0 Å². The third kappa shape index (κ3) is 17.3. The Bertz CT molecular complexity index is 1290. The molecule has 0 saturated carbocycles. The van der Waals surface area contributed by atoms with Gasteiger partial charge >= 0.3 is 0 Å². The number of nitrogens with zero attached hydrogens (tertiary/aromatic N) is 2. The number of amides is 1. The van der Waals surface area contributed by atoms with Crippen LogP contribution in [0.4, 0.5) is 0 Å². The summed E-state index contributed by atoms with van der Waals surface area (Å²) in [6.45, 7) is 11.8. The molecule has 10 nitrogen and oxygen atoms in total. The van der Waals surface area contributed by atoms with E-state index in [0.29, 0.717) is 6.54 Å². The smallest absolute Gasteiger partial charge is 0.266 e. The van der Waals surface area contributed by atoms with Gasteiger partial charge in [-0.1, -0.05) is 46.1 Å². The molecule has 0 unspecified atom stereocenters. The van der Waals surface area contributed by atoms with Crippen LogP contribution < -0.4 is 22.6 Å². The molecule has 0 aliphatic carbocycles. The standard InChI is InChI=1S/C10H16N2O.C10H12N2O.C7H12O.C3H4N2O/c2*1-3-4-8-5-7(2)12-10(13)9(8)6-11;1-3-4-5-6-7(2)8;4-2-1-3(5)6/h5H,3-4,6,11H2,1-2H3,(H,12,13);5H,3-4H2,1-2H3,(H,12,13);5-6H,3-4H2,1-2H3;1H2,(H2,5,6)/b;;6-5+;. The third-order valence-corrected chi connectivity index (χ3v) is 5.03. The van der Waals surface area contributed by atoms with Crippen molar-refractivity contribution in [3.05, 3.63) is 78.6 Å². The number of allylic oxidation sites excluding steroid dienone is 2. The Hall–Kier alpha value is -4.28. The maximum Gasteiger partial charge on any atom is 0.266 e. The molecule has 0 aromatic carbocycles. The summed E-state index contributed by atoms with van der Waals surface area (Å²) >= 11 is 0. The number of aryl methyl sites for hydroxylation is 4. The molecule has 0 saturated heterocycles. The summed E-state index contributed by atoms with van der Waals surface area (Å²) in [5, 5.41) is 16.4. The number of H-pyrrole nitrogens is 2. The Kier molecular flexibility index (Phi) is 21.5. The number of carbonyl (C=O) groups is 2. The van der Waals surface area contributed by atoms with Crippen molar-refractivity contribution in [2.75, 3.05) is 0 Å². The van der Waals surface area contributed by atoms with E-state index in [1.165, 1.54) is 0 Å². The normalized spacial score (nSPS) is 9.53. The van der Waals surface area contributed by atoms with E-state index in [1.54, 1.807) is 19.1 Å². The quantitative estimate of drug-likeness (QED) is 0.338. The van der Waals surface area contributed by atoms with Crippen molar-refractivity contribution in [1.82, 2.24) is 9.97 Å². The highest BCUT2D eigenvalue weighted by Crippen LogP contribution is 2.08. The number of nitrogens with two attached hydrogens (primary N) is 2. The van der Waals surface area contributed by atoms with Gasteiger partial charge in [0.2, 0.25) is 5.91 Å². The monoisotopic (exact) mass is 552 g/mol. The molecule has 0 spiro atoms. The first-order chi connectivity index (χ1) is 18.9. The summed E-state index contributed by atoms with van der Waals surface area (Å²) in [6.07, 6.45) is 9.16. The second-order valence-corrected chi connectivity index (χ2v) is 8.89. The van der Waals surface area contributed by atoms with E-state index in [4.69, 9.17) is 16.3 Å². The predicted octanol–water partition coefficient (Wildman–Crippen LogP) is 3.92. The summed E-state index contributed by atoms with van der Waals surface area (Å²) in [4.78, 5) is 47.9. The van der Waals surface area contributed by atoms with Crippen molar-refractivity contribution in [2.45, 2.75) is 93.0 Å². The predicted molar refractivity (Wildman–Crippen MR) is 158 cm³/mol. The van der Waals surface area contributed by atoms with Crippen LogP contribution in [0.25, 0.3) is 0 Å². The largest absolute Gasteiger partial charge is 0.369 e. The van der Waals surface area contributed by atoms with Crippen LogP contribution in [0.2, 0.25) is 0 Å². The van der Waals surface area contributed by atoms with Gasteiger partial charge in [0, 0.05) is 23.5 Å². The van der Waals surface area contributed by atoms with Crippen molar-refractivity contribution in [3.63, 3.8) is 0 Å². The zero-order valence-corrected chi connectivity index (χ0v) is 24.6. The number of aromatic nitrogens is 2. The maximum atomic E-state index is 11.4. The molecule has 0 atom stereocenters. The van der Waals surface area contributed by atoms with Crippen LogP contribution in [0.15, 0.2) is 33.9 Å². The molecule has 0 fully saturated rings. The minimum Gasteiger partial charge on any atom is -0.369 e. The number of nitrogens with one attached hydrogen (secondary N) is 2. The lowest BCUT2D eigenvalue weighted by Gasteiger charge is -2.06. The number of hydrogen-bond acceptors (Lipinski definition) is 7. The molecule has 10 heteroatoms. The molecule has 1 amide bonds. The second kappa shape index (κ2) is 22.7. The fourth-order valence-corrected chi connectivity index (χ4v) is 3.34. The van der Waals surface area contributed by atoms with Crippen LogP contribution in [0.3, 0.4) is 0 Å². The van der Waals surface area contributed by atoms with Crippen molar-refractivity contribution in [1.29, 1.82) is 10.5 Å². The Morgan fingerprint density at radius 3 is 1.85 bits per heavy atom. The molecule has 0 aliphatic rings. The minimum absolute atomic E-state index is 0.0362. The lowest BCUT2D eigenvalue weighted by atomic mass is 10.0. The second-order valence-electron chi connectivity index (χ2n) is 8.89. The Labute approximate surface area is 237 Å². The molecule has 2 aromatic heterocycles. The number of pyridine rings is 2. The van der Waals surface area contributed by atoms with Crippen molar-refractivity contribution in [3.8, 4) is 12.1 Å². The molecule has 218 valence electrons. The first kappa shape index (κ1) is 37.9. The van der Waals surface area contributed by atoms with Crippen molar-refractivity contribution in [2.24, 2.45) is 11.5 Å². The fourth-order valence-electron chi connectivity index (χ4n) is 3.34. The van der Waals surface area contributed by atoms with Gasteiger partial charge in [0.05, 0.1) is 6.07 Å². The minimum atomic E-state index is -0.572. The van der Waals surface area contributed by atoms with Crippen LogP contribution in [-0.4, -0.2) is 21.7 Å². The molecule has 2 rings (SSSR count). The highest BCUT2D eigenvalue weighted by atomic mass is 16.1. The third-order valence-electron chi connectivity index (χ3n) is 5.03. The van der Waals surface area contributed by atoms with Crippen LogP contribution in [-0.2, 0) is 29.0 Å². The number of ketones is 1. The van der Waals surface area contributed by atoms with Gasteiger partial charge in [-0.2, -0.15) is 10.5 Å².